The molecule has 0 aliphatic carbocycles. The third kappa shape index (κ3) is 5.46. The van der Waals surface area contributed by atoms with Crippen LogP contribution in [0.2, 0.25) is 0 Å². The molecule has 2 aromatic heterocycles. The van der Waals surface area contributed by atoms with E-state index >= 15 is 0 Å². The average Bonchev–Trinajstić information content (AvgIpc) is 3.63. The van der Waals surface area contributed by atoms with Gasteiger partial charge in [0.05, 0.1) is 6.04 Å². The Morgan fingerprint density at radius 1 is 0.975 bits per heavy atom. The van der Waals surface area contributed by atoms with Crippen LogP contribution < -0.4 is 15.0 Å². The van der Waals surface area contributed by atoms with E-state index in [-0.39, 0.29) is 18.4 Å². The molecule has 9 nitrogen and oxygen atoms in total. The van der Waals surface area contributed by atoms with Crippen LogP contribution >= 0.6 is 0 Å². The molecular formula is C31H32N6O3. The standard InChI is InChI=1S/C31H32N6O3/c1-3-27(30-33-34-35-37(30)14-13-22-7-5-4-6-8-22)36(18-23-10-12-28-29(16-23)40-20-39-28)19-25-17-24-15-21(2)9-11-26(24)32-31(25)38/h4-12,15-17,27H,3,13-14,18-20H2,1-2H3,(H,32,38). The SMILES string of the molecule is CCC(c1nnnn1CCc1ccccc1)N(Cc1ccc2c(c1)OCO2)Cc1cc2cc(C)ccc2[nH]c1=O. The van der Waals surface area contributed by atoms with Crippen molar-refractivity contribution < 1.29 is 9.47 Å². The third-order valence-electron chi connectivity index (χ3n) is 7.41. The summed E-state index contributed by atoms with van der Waals surface area (Å²) in [5.74, 6) is 2.26. The Morgan fingerprint density at radius 3 is 2.67 bits per heavy atom. The lowest BCUT2D eigenvalue weighted by molar-refractivity contribution is 0.160. The quantitative estimate of drug-likeness (QED) is 0.270. The van der Waals surface area contributed by atoms with Gasteiger partial charge in [-0.25, -0.2) is 4.68 Å². The summed E-state index contributed by atoms with van der Waals surface area (Å²) in [6, 6.07) is 24.2. The van der Waals surface area contributed by atoms with E-state index in [1.165, 1.54) is 5.56 Å². The van der Waals surface area contributed by atoms with Gasteiger partial charge in [0.2, 0.25) is 6.79 Å². The predicted octanol–water partition coefficient (Wildman–Crippen LogP) is 4.95. The Morgan fingerprint density at radius 2 is 1.82 bits per heavy atom. The van der Waals surface area contributed by atoms with Gasteiger partial charge in [-0.15, -0.1) is 5.10 Å². The molecule has 3 aromatic carbocycles. The summed E-state index contributed by atoms with van der Waals surface area (Å²) in [6.07, 6.45) is 1.59. The second-order valence-electron chi connectivity index (χ2n) is 10.2. The molecule has 204 valence electrons. The number of tetrazole rings is 1. The van der Waals surface area contributed by atoms with Gasteiger partial charge in [0, 0.05) is 30.7 Å². The monoisotopic (exact) mass is 536 g/mol. The zero-order valence-corrected chi connectivity index (χ0v) is 22.7. The van der Waals surface area contributed by atoms with Crippen LogP contribution in [0.1, 0.15) is 47.5 Å². The Bertz CT molecular complexity index is 1680. The van der Waals surface area contributed by atoms with Crippen molar-refractivity contribution >= 4 is 10.9 Å². The number of H-pyrrole nitrogens is 1. The van der Waals surface area contributed by atoms with Crippen molar-refractivity contribution in [2.75, 3.05) is 6.79 Å². The molecular weight excluding hydrogens is 504 g/mol. The molecule has 9 heteroatoms. The van der Waals surface area contributed by atoms with Gasteiger partial charge in [0.25, 0.3) is 5.56 Å². The fraction of sp³-hybridized carbons (Fsp3) is 0.290. The number of fused-ring (bicyclic) bond motifs is 2. The molecule has 0 bridgehead atoms. The van der Waals surface area contributed by atoms with Gasteiger partial charge in [-0.1, -0.05) is 55.0 Å². The van der Waals surface area contributed by atoms with Crippen LogP contribution in [0, 0.1) is 6.92 Å². The predicted molar refractivity (Wildman–Crippen MR) is 152 cm³/mol. The minimum Gasteiger partial charge on any atom is -0.454 e. The molecule has 0 saturated carbocycles. The van der Waals surface area contributed by atoms with Crippen LogP contribution in [-0.2, 0) is 26.1 Å². The summed E-state index contributed by atoms with van der Waals surface area (Å²) in [5.41, 5.74) is 4.86. The molecule has 1 N–H and O–H groups in total. The number of aryl methyl sites for hydroxylation is 3. The minimum atomic E-state index is -0.121. The molecule has 1 aliphatic rings. The van der Waals surface area contributed by atoms with Crippen LogP contribution in [0.5, 0.6) is 11.5 Å². The first-order chi connectivity index (χ1) is 19.6. The van der Waals surface area contributed by atoms with E-state index < -0.39 is 0 Å². The fourth-order valence-electron chi connectivity index (χ4n) is 5.35. The summed E-state index contributed by atoms with van der Waals surface area (Å²) >= 11 is 0. The molecule has 0 saturated heterocycles. The average molecular weight is 537 g/mol. The van der Waals surface area contributed by atoms with Crippen LogP contribution in [0.3, 0.4) is 0 Å². The first-order valence-corrected chi connectivity index (χ1v) is 13.6. The lowest BCUT2D eigenvalue weighted by Gasteiger charge is -2.30. The highest BCUT2D eigenvalue weighted by Gasteiger charge is 2.27. The number of aromatic nitrogens is 5. The summed E-state index contributed by atoms with van der Waals surface area (Å²) in [7, 11) is 0. The number of nitrogens with one attached hydrogen (secondary N) is 1. The highest BCUT2D eigenvalue weighted by molar-refractivity contribution is 5.79. The van der Waals surface area contributed by atoms with Crippen LogP contribution in [0.4, 0.5) is 0 Å². The zero-order valence-electron chi connectivity index (χ0n) is 22.7. The Balaban J connectivity index is 1.34. The zero-order chi connectivity index (χ0) is 27.5. The second kappa shape index (κ2) is 11.3. The number of hydrogen-bond donors (Lipinski definition) is 1. The molecule has 0 amide bonds. The van der Waals surface area contributed by atoms with Gasteiger partial charge >= 0.3 is 0 Å². The van der Waals surface area contributed by atoms with Gasteiger partial charge in [-0.3, -0.25) is 9.69 Å². The molecule has 3 heterocycles. The molecule has 40 heavy (non-hydrogen) atoms. The van der Waals surface area contributed by atoms with Crippen LogP contribution in [0.15, 0.2) is 77.6 Å². The molecule has 0 fully saturated rings. The largest absolute Gasteiger partial charge is 0.454 e. The summed E-state index contributed by atoms with van der Waals surface area (Å²) in [6.45, 7) is 6.07. The number of pyridine rings is 1. The molecule has 0 radical (unpaired) electrons. The molecule has 5 aromatic rings. The molecule has 1 atom stereocenters. The highest BCUT2D eigenvalue weighted by atomic mass is 16.7. The van der Waals surface area contributed by atoms with Crippen molar-refractivity contribution in [2.24, 2.45) is 0 Å². The third-order valence-corrected chi connectivity index (χ3v) is 7.41. The van der Waals surface area contributed by atoms with E-state index in [1.807, 2.05) is 59.3 Å². The maximum absolute atomic E-state index is 13.2. The number of nitrogens with zero attached hydrogens (tertiary/aromatic N) is 5. The lowest BCUT2D eigenvalue weighted by atomic mass is 10.1. The smallest absolute Gasteiger partial charge is 0.252 e. The molecule has 1 unspecified atom stereocenters. The fourth-order valence-corrected chi connectivity index (χ4v) is 5.35. The van der Waals surface area contributed by atoms with Crippen molar-refractivity contribution in [1.29, 1.82) is 0 Å². The maximum Gasteiger partial charge on any atom is 0.252 e. The maximum atomic E-state index is 13.2. The second-order valence-corrected chi connectivity index (χ2v) is 10.2. The van der Waals surface area contributed by atoms with Gasteiger partial charge in [-0.2, -0.15) is 0 Å². The van der Waals surface area contributed by atoms with Gasteiger partial charge in [0.15, 0.2) is 17.3 Å². The van der Waals surface area contributed by atoms with Crippen LogP contribution in [-0.4, -0.2) is 36.9 Å². The van der Waals surface area contributed by atoms with Crippen LogP contribution in [0.25, 0.3) is 10.9 Å². The Labute approximate surface area is 232 Å². The van der Waals surface area contributed by atoms with Gasteiger partial charge in [0.1, 0.15) is 0 Å². The Hall–Kier alpha value is -4.50. The van der Waals surface area contributed by atoms with E-state index in [0.717, 1.165) is 52.2 Å². The van der Waals surface area contributed by atoms with E-state index in [1.54, 1.807) is 0 Å². The molecule has 0 spiro atoms. The first-order valence-electron chi connectivity index (χ1n) is 13.6. The highest BCUT2D eigenvalue weighted by Crippen LogP contribution is 2.34. The topological polar surface area (TPSA) is 98.2 Å². The van der Waals surface area contributed by atoms with E-state index in [4.69, 9.17) is 9.47 Å². The number of benzene rings is 3. The van der Waals surface area contributed by atoms with Crippen molar-refractivity contribution in [3.8, 4) is 11.5 Å². The van der Waals surface area contributed by atoms with Crippen molar-refractivity contribution in [1.82, 2.24) is 30.1 Å². The van der Waals surface area contributed by atoms with E-state index in [0.29, 0.717) is 25.2 Å². The number of aromatic amines is 1. The molecule has 1 aliphatic heterocycles. The summed E-state index contributed by atoms with van der Waals surface area (Å²) in [5, 5.41) is 13.9. The van der Waals surface area contributed by atoms with E-state index in [9.17, 15) is 4.79 Å². The summed E-state index contributed by atoms with van der Waals surface area (Å²) in [4.78, 5) is 18.6. The van der Waals surface area contributed by atoms with Crippen molar-refractivity contribution in [2.45, 2.75) is 52.4 Å². The number of rotatable bonds is 10. The summed E-state index contributed by atoms with van der Waals surface area (Å²) < 4.78 is 13.0. The van der Waals surface area contributed by atoms with E-state index in [2.05, 4.69) is 57.5 Å². The van der Waals surface area contributed by atoms with Gasteiger partial charge in [-0.05, 0) is 77.0 Å². The molecule has 6 rings (SSSR count). The normalized spacial score (nSPS) is 13.3. The van der Waals surface area contributed by atoms with Gasteiger partial charge < -0.3 is 14.5 Å². The Kier molecular flexibility index (Phi) is 7.29. The first kappa shape index (κ1) is 25.8. The number of hydrogen-bond acceptors (Lipinski definition) is 7. The minimum absolute atomic E-state index is 0.0921. The lowest BCUT2D eigenvalue weighted by Crippen LogP contribution is -2.32. The van der Waals surface area contributed by atoms with Crippen molar-refractivity contribution in [3.63, 3.8) is 0 Å². The van der Waals surface area contributed by atoms with Crippen molar-refractivity contribution in [3.05, 3.63) is 111 Å². The number of ether oxygens (including phenoxy) is 2.